The second-order valence-electron chi connectivity index (χ2n) is 5.61. The maximum absolute atomic E-state index is 12.1. The third-order valence-electron chi connectivity index (χ3n) is 3.81. The molecule has 10 heteroatoms. The summed E-state index contributed by atoms with van der Waals surface area (Å²) in [4.78, 5) is 23.4. The summed E-state index contributed by atoms with van der Waals surface area (Å²) >= 11 is 3.03. The van der Waals surface area contributed by atoms with E-state index in [1.54, 1.807) is 12.1 Å². The first-order valence-corrected chi connectivity index (χ1v) is 8.85. The smallest absolute Gasteiger partial charge is 0.338 e. The molecule has 9 nitrogen and oxygen atoms in total. The number of carbonyl (C=O) groups is 2. The fourth-order valence-electron chi connectivity index (χ4n) is 2.37. The number of anilines is 1. The zero-order chi connectivity index (χ0) is 19.3. The van der Waals surface area contributed by atoms with Crippen LogP contribution in [-0.2, 0) is 19.0 Å². The van der Waals surface area contributed by atoms with Crippen molar-refractivity contribution in [1.82, 2.24) is 0 Å². The molecular formula is C16H20BrNO8. The Bertz CT molecular complexity index is 623. The number of halogens is 1. The number of methoxy groups -OCH3 is 1. The molecule has 1 amide bonds. The van der Waals surface area contributed by atoms with Crippen LogP contribution in [0.3, 0.4) is 0 Å². The summed E-state index contributed by atoms with van der Waals surface area (Å²) in [5.41, 5.74) is 0.757. The Hall–Kier alpha value is -1.56. The summed E-state index contributed by atoms with van der Waals surface area (Å²) in [6, 6.07) is 6.04. The lowest BCUT2D eigenvalue weighted by molar-refractivity contribution is -0.294. The Morgan fingerprint density at radius 2 is 1.81 bits per heavy atom. The van der Waals surface area contributed by atoms with Crippen LogP contribution in [0.2, 0.25) is 0 Å². The summed E-state index contributed by atoms with van der Waals surface area (Å²) in [5, 5.41) is 32.2. The molecule has 0 unspecified atom stereocenters. The van der Waals surface area contributed by atoms with Gasteiger partial charge in [0.25, 0.3) is 0 Å². The third-order valence-corrected chi connectivity index (χ3v) is 4.31. The molecular weight excluding hydrogens is 414 g/mol. The summed E-state index contributed by atoms with van der Waals surface area (Å²) in [6.07, 6.45) is -6.54. The molecule has 2 rings (SSSR count). The van der Waals surface area contributed by atoms with Gasteiger partial charge in [0.1, 0.15) is 31.0 Å². The Morgan fingerprint density at radius 3 is 2.38 bits per heavy atom. The molecule has 0 aliphatic carbocycles. The molecule has 1 fully saturated rings. The van der Waals surface area contributed by atoms with E-state index in [0.717, 1.165) is 0 Å². The molecule has 1 aliphatic rings. The van der Waals surface area contributed by atoms with Gasteiger partial charge in [-0.3, -0.25) is 4.79 Å². The van der Waals surface area contributed by atoms with Crippen LogP contribution in [0.5, 0.6) is 0 Å². The van der Waals surface area contributed by atoms with E-state index in [-0.39, 0.29) is 23.4 Å². The van der Waals surface area contributed by atoms with Crippen LogP contribution in [0.15, 0.2) is 24.3 Å². The number of aliphatic hydroxyl groups is 3. The molecule has 1 heterocycles. The van der Waals surface area contributed by atoms with Gasteiger partial charge in [0, 0.05) is 12.8 Å². The number of benzene rings is 1. The molecule has 0 bridgehead atoms. The highest BCUT2D eigenvalue weighted by Gasteiger charge is 2.44. The molecule has 26 heavy (non-hydrogen) atoms. The maximum Gasteiger partial charge on any atom is 0.338 e. The number of alkyl halides is 1. The highest BCUT2D eigenvalue weighted by Crippen LogP contribution is 2.22. The standard InChI is InChI=1S/C16H20BrNO8/c1-24-16-14(22)13(21)12(20)10(26-16)7-25-15(23)8-2-4-9(5-3-8)18-11(19)6-17/h2-5,10,12-14,16,20-22H,6-7H2,1H3,(H,18,19)/t10-,12-,13+,14-,16+/m1/s1. The Kier molecular flexibility index (Phi) is 7.50. The van der Waals surface area contributed by atoms with E-state index in [4.69, 9.17) is 14.2 Å². The predicted octanol–water partition coefficient (Wildman–Crippen LogP) is -0.369. The Labute approximate surface area is 158 Å². The third kappa shape index (κ3) is 5.00. The zero-order valence-corrected chi connectivity index (χ0v) is 15.5. The van der Waals surface area contributed by atoms with Gasteiger partial charge in [-0.2, -0.15) is 0 Å². The minimum atomic E-state index is -1.49. The number of hydrogen-bond donors (Lipinski definition) is 4. The largest absolute Gasteiger partial charge is 0.459 e. The van der Waals surface area contributed by atoms with Crippen LogP contribution in [-0.4, -0.2) is 76.9 Å². The predicted molar refractivity (Wildman–Crippen MR) is 92.8 cm³/mol. The SMILES string of the molecule is CO[C@H]1O[C@H](COC(=O)c2ccc(NC(=O)CBr)cc2)[C@@H](O)[C@H](O)[C@H]1O. The van der Waals surface area contributed by atoms with Crippen molar-refractivity contribution in [3.8, 4) is 0 Å². The summed E-state index contributed by atoms with van der Waals surface area (Å²) < 4.78 is 15.2. The van der Waals surface area contributed by atoms with Crippen LogP contribution < -0.4 is 5.32 Å². The lowest BCUT2D eigenvalue weighted by Crippen LogP contribution is -2.59. The van der Waals surface area contributed by atoms with Crippen LogP contribution in [0.4, 0.5) is 5.69 Å². The van der Waals surface area contributed by atoms with Gasteiger partial charge in [-0.1, -0.05) is 15.9 Å². The van der Waals surface area contributed by atoms with E-state index < -0.39 is 36.7 Å². The van der Waals surface area contributed by atoms with Crippen molar-refractivity contribution in [3.05, 3.63) is 29.8 Å². The molecule has 0 spiro atoms. The summed E-state index contributed by atoms with van der Waals surface area (Å²) in [5.74, 6) is -0.897. The van der Waals surface area contributed by atoms with Gasteiger partial charge in [0.05, 0.1) is 10.9 Å². The van der Waals surface area contributed by atoms with Crippen molar-refractivity contribution in [2.75, 3.05) is 24.4 Å². The number of nitrogens with one attached hydrogen (secondary N) is 1. The fraction of sp³-hybridized carbons (Fsp3) is 0.500. The van der Waals surface area contributed by atoms with Crippen molar-refractivity contribution in [2.24, 2.45) is 0 Å². The topological polar surface area (TPSA) is 135 Å². The normalized spacial score (nSPS) is 28.4. The highest BCUT2D eigenvalue weighted by atomic mass is 79.9. The fourth-order valence-corrected chi connectivity index (χ4v) is 2.51. The average Bonchev–Trinajstić information content (AvgIpc) is 2.65. The van der Waals surface area contributed by atoms with E-state index in [0.29, 0.717) is 5.69 Å². The molecule has 0 radical (unpaired) electrons. The van der Waals surface area contributed by atoms with Crippen molar-refractivity contribution in [1.29, 1.82) is 0 Å². The highest BCUT2D eigenvalue weighted by molar-refractivity contribution is 9.09. The van der Waals surface area contributed by atoms with E-state index in [1.165, 1.54) is 19.2 Å². The number of rotatable bonds is 6. The molecule has 1 aromatic rings. The van der Waals surface area contributed by atoms with Crippen molar-refractivity contribution < 1.29 is 39.1 Å². The number of carbonyl (C=O) groups excluding carboxylic acids is 2. The second kappa shape index (κ2) is 9.40. The van der Waals surface area contributed by atoms with Gasteiger partial charge >= 0.3 is 5.97 Å². The lowest BCUT2D eigenvalue weighted by Gasteiger charge is -2.39. The number of amides is 1. The van der Waals surface area contributed by atoms with Gasteiger partial charge in [-0.15, -0.1) is 0 Å². The first kappa shape index (κ1) is 20.7. The van der Waals surface area contributed by atoms with Gasteiger partial charge in [-0.25, -0.2) is 4.79 Å². The molecule has 5 atom stereocenters. The minimum absolute atomic E-state index is 0.156. The molecule has 0 aromatic heterocycles. The first-order chi connectivity index (χ1) is 12.4. The summed E-state index contributed by atoms with van der Waals surface area (Å²) in [7, 11) is 1.28. The summed E-state index contributed by atoms with van der Waals surface area (Å²) in [6.45, 7) is -0.342. The molecule has 1 saturated heterocycles. The van der Waals surface area contributed by atoms with E-state index in [1.807, 2.05) is 0 Å². The number of esters is 1. The molecule has 1 aliphatic heterocycles. The Morgan fingerprint density at radius 1 is 1.15 bits per heavy atom. The average molecular weight is 434 g/mol. The molecule has 1 aromatic carbocycles. The first-order valence-electron chi connectivity index (χ1n) is 7.72. The van der Waals surface area contributed by atoms with Gasteiger partial charge < -0.3 is 34.8 Å². The second-order valence-corrected chi connectivity index (χ2v) is 6.17. The van der Waals surface area contributed by atoms with Crippen molar-refractivity contribution in [3.63, 3.8) is 0 Å². The number of aliphatic hydroxyl groups excluding tert-OH is 3. The Balaban J connectivity index is 1.92. The van der Waals surface area contributed by atoms with Gasteiger partial charge in [0.2, 0.25) is 5.91 Å². The quantitative estimate of drug-likeness (QED) is 0.352. The molecule has 0 saturated carbocycles. The maximum atomic E-state index is 12.1. The van der Waals surface area contributed by atoms with Crippen molar-refractivity contribution in [2.45, 2.75) is 30.7 Å². The van der Waals surface area contributed by atoms with Crippen LogP contribution >= 0.6 is 15.9 Å². The van der Waals surface area contributed by atoms with E-state index in [9.17, 15) is 24.9 Å². The number of hydrogen-bond acceptors (Lipinski definition) is 8. The van der Waals surface area contributed by atoms with Gasteiger partial charge in [-0.05, 0) is 24.3 Å². The van der Waals surface area contributed by atoms with Crippen molar-refractivity contribution >= 4 is 33.5 Å². The van der Waals surface area contributed by atoms with Crippen LogP contribution in [0, 0.1) is 0 Å². The van der Waals surface area contributed by atoms with Gasteiger partial charge in [0.15, 0.2) is 6.29 Å². The van der Waals surface area contributed by atoms with Crippen LogP contribution in [0.1, 0.15) is 10.4 Å². The molecule has 144 valence electrons. The van der Waals surface area contributed by atoms with Crippen LogP contribution in [0.25, 0.3) is 0 Å². The minimum Gasteiger partial charge on any atom is -0.459 e. The zero-order valence-electron chi connectivity index (χ0n) is 13.9. The van der Waals surface area contributed by atoms with E-state index in [2.05, 4.69) is 21.2 Å². The molecule has 4 N–H and O–H groups in total. The monoisotopic (exact) mass is 433 g/mol. The van der Waals surface area contributed by atoms with E-state index >= 15 is 0 Å². The number of ether oxygens (including phenoxy) is 3. The lowest BCUT2D eigenvalue weighted by atomic mass is 9.99.